The molecule has 1 amide bonds. The van der Waals surface area contributed by atoms with Crippen molar-refractivity contribution < 1.29 is 4.79 Å². The molecule has 3 aromatic rings. The van der Waals surface area contributed by atoms with E-state index in [9.17, 15) is 4.79 Å². The van der Waals surface area contributed by atoms with Crippen molar-refractivity contribution in [3.8, 4) is 0 Å². The molecule has 1 aliphatic heterocycles. The second-order valence-electron chi connectivity index (χ2n) is 7.46. The molecule has 0 bridgehead atoms. The number of hydrogen-bond donors (Lipinski definition) is 4. The maximum atomic E-state index is 12.9. The third kappa shape index (κ3) is 3.04. The minimum absolute atomic E-state index is 0.0864. The summed E-state index contributed by atoms with van der Waals surface area (Å²) in [5.74, 6) is 1.04. The number of H-pyrrole nitrogens is 1. The molecule has 3 heterocycles. The van der Waals surface area contributed by atoms with Crippen LogP contribution < -0.4 is 16.4 Å². The van der Waals surface area contributed by atoms with Crippen LogP contribution in [-0.4, -0.2) is 34.2 Å². The standard InChI is InChI=1S/C21H23N5OS/c22-14-6-3-5-12(14)16-10-17(26-21(27)18-11-23-8-9-28-18)19-13-4-1-2-7-15(13)24-20(19)25-16/h1-2,4,7,10-12,14,23H,3,5-6,8-9,22H2,(H2,24,25,26,27)/t12-,14+/m1/s1. The van der Waals surface area contributed by atoms with Crippen molar-refractivity contribution in [3.05, 3.63) is 47.1 Å². The lowest BCUT2D eigenvalue weighted by Gasteiger charge is -2.18. The monoisotopic (exact) mass is 393 g/mol. The normalized spacial score (nSPS) is 22.2. The molecular formula is C21H23N5OS. The van der Waals surface area contributed by atoms with Gasteiger partial charge in [-0.2, -0.15) is 0 Å². The lowest BCUT2D eigenvalue weighted by atomic mass is 9.98. The van der Waals surface area contributed by atoms with E-state index in [1.165, 1.54) is 0 Å². The molecule has 7 heteroatoms. The number of pyridine rings is 1. The van der Waals surface area contributed by atoms with Crippen molar-refractivity contribution in [1.82, 2.24) is 15.3 Å². The molecule has 28 heavy (non-hydrogen) atoms. The number of para-hydroxylation sites is 1. The lowest BCUT2D eigenvalue weighted by molar-refractivity contribution is -0.112. The van der Waals surface area contributed by atoms with Gasteiger partial charge in [0.2, 0.25) is 0 Å². The van der Waals surface area contributed by atoms with Crippen LogP contribution in [0.4, 0.5) is 5.69 Å². The fourth-order valence-corrected chi connectivity index (χ4v) is 5.04. The largest absolute Gasteiger partial charge is 0.389 e. The van der Waals surface area contributed by atoms with Crippen molar-refractivity contribution in [1.29, 1.82) is 0 Å². The molecule has 144 valence electrons. The van der Waals surface area contributed by atoms with Gasteiger partial charge in [0.15, 0.2) is 0 Å². The number of rotatable bonds is 3. The number of nitrogens with one attached hydrogen (secondary N) is 3. The Morgan fingerprint density at radius 3 is 2.96 bits per heavy atom. The first kappa shape index (κ1) is 17.6. The zero-order chi connectivity index (χ0) is 19.1. The molecule has 1 fully saturated rings. The van der Waals surface area contributed by atoms with Crippen molar-refractivity contribution in [2.75, 3.05) is 17.6 Å². The molecule has 2 atom stereocenters. The van der Waals surface area contributed by atoms with Crippen molar-refractivity contribution in [2.24, 2.45) is 5.73 Å². The second-order valence-corrected chi connectivity index (χ2v) is 8.59. The van der Waals surface area contributed by atoms with Gasteiger partial charge in [0.1, 0.15) is 5.65 Å². The number of aromatic nitrogens is 2. The van der Waals surface area contributed by atoms with Crippen LogP contribution in [0.2, 0.25) is 0 Å². The molecule has 5 N–H and O–H groups in total. The number of aromatic amines is 1. The van der Waals surface area contributed by atoms with E-state index in [1.807, 2.05) is 24.3 Å². The van der Waals surface area contributed by atoms with Crippen LogP contribution in [0.5, 0.6) is 0 Å². The number of hydrogen-bond acceptors (Lipinski definition) is 5. The number of benzene rings is 1. The van der Waals surface area contributed by atoms with Gasteiger partial charge in [-0.3, -0.25) is 4.79 Å². The molecule has 6 nitrogen and oxygen atoms in total. The zero-order valence-corrected chi connectivity index (χ0v) is 16.3. The minimum atomic E-state index is -0.0864. The summed E-state index contributed by atoms with van der Waals surface area (Å²) in [6.45, 7) is 0.882. The number of nitrogens with zero attached hydrogens (tertiary/aromatic N) is 1. The summed E-state index contributed by atoms with van der Waals surface area (Å²) in [5, 5.41) is 8.30. The summed E-state index contributed by atoms with van der Waals surface area (Å²) in [6, 6.07) is 10.2. The summed E-state index contributed by atoms with van der Waals surface area (Å²) in [4.78, 5) is 21.9. The van der Waals surface area contributed by atoms with Gasteiger partial charge in [0.05, 0.1) is 16.0 Å². The molecule has 1 saturated carbocycles. The molecule has 0 saturated heterocycles. The summed E-state index contributed by atoms with van der Waals surface area (Å²) < 4.78 is 0. The number of carbonyl (C=O) groups excluding carboxylic acids is 1. The highest BCUT2D eigenvalue weighted by molar-refractivity contribution is 8.04. The number of nitrogens with two attached hydrogens (primary N) is 1. The van der Waals surface area contributed by atoms with Crippen LogP contribution in [0.3, 0.4) is 0 Å². The van der Waals surface area contributed by atoms with Crippen molar-refractivity contribution >= 4 is 45.3 Å². The van der Waals surface area contributed by atoms with E-state index in [0.29, 0.717) is 4.91 Å². The molecule has 0 spiro atoms. The van der Waals surface area contributed by atoms with Gasteiger partial charge in [-0.05, 0) is 25.0 Å². The molecule has 0 radical (unpaired) electrons. The Morgan fingerprint density at radius 2 is 2.18 bits per heavy atom. The Labute approximate surface area is 167 Å². The van der Waals surface area contributed by atoms with Gasteiger partial charge in [-0.15, -0.1) is 11.8 Å². The summed E-state index contributed by atoms with van der Waals surface area (Å²) in [7, 11) is 0. The van der Waals surface area contributed by atoms with Crippen LogP contribution in [0.1, 0.15) is 30.9 Å². The highest BCUT2D eigenvalue weighted by Crippen LogP contribution is 2.38. The number of amides is 1. The highest BCUT2D eigenvalue weighted by Gasteiger charge is 2.28. The van der Waals surface area contributed by atoms with Crippen molar-refractivity contribution in [3.63, 3.8) is 0 Å². The molecule has 5 rings (SSSR count). The van der Waals surface area contributed by atoms with Crippen LogP contribution in [-0.2, 0) is 4.79 Å². The zero-order valence-electron chi connectivity index (χ0n) is 15.5. The molecule has 2 aromatic heterocycles. The Morgan fingerprint density at radius 1 is 1.29 bits per heavy atom. The van der Waals surface area contributed by atoms with Gasteiger partial charge in [-0.1, -0.05) is 24.6 Å². The Bertz CT molecular complexity index is 1090. The molecule has 1 aromatic carbocycles. The number of thioether (sulfide) groups is 1. The summed E-state index contributed by atoms with van der Waals surface area (Å²) >= 11 is 1.57. The van der Waals surface area contributed by atoms with E-state index in [4.69, 9.17) is 10.7 Å². The fourth-order valence-electron chi connectivity index (χ4n) is 4.25. The smallest absolute Gasteiger partial charge is 0.263 e. The summed E-state index contributed by atoms with van der Waals surface area (Å²) in [6.07, 6.45) is 4.98. The maximum Gasteiger partial charge on any atom is 0.263 e. The Hall–Kier alpha value is -2.51. The van der Waals surface area contributed by atoms with E-state index < -0.39 is 0 Å². The fraction of sp³-hybridized carbons (Fsp3) is 0.333. The van der Waals surface area contributed by atoms with E-state index >= 15 is 0 Å². The Kier molecular flexibility index (Phi) is 4.49. The third-order valence-corrected chi connectivity index (χ3v) is 6.67. The molecule has 1 aliphatic carbocycles. The van der Waals surface area contributed by atoms with Gasteiger partial charge in [0.25, 0.3) is 5.91 Å². The van der Waals surface area contributed by atoms with Gasteiger partial charge < -0.3 is 21.4 Å². The third-order valence-electron chi connectivity index (χ3n) is 5.65. The van der Waals surface area contributed by atoms with Crippen LogP contribution in [0.25, 0.3) is 21.9 Å². The number of anilines is 1. The number of carbonyl (C=O) groups is 1. The molecular weight excluding hydrogens is 370 g/mol. The first-order valence-electron chi connectivity index (χ1n) is 9.75. The highest BCUT2D eigenvalue weighted by atomic mass is 32.2. The van der Waals surface area contributed by atoms with Crippen molar-refractivity contribution in [2.45, 2.75) is 31.2 Å². The predicted octanol–water partition coefficient (Wildman–Crippen LogP) is 3.43. The quantitative estimate of drug-likeness (QED) is 0.547. The summed E-state index contributed by atoms with van der Waals surface area (Å²) in [5.41, 5.74) is 9.92. The lowest BCUT2D eigenvalue weighted by Crippen LogP contribution is -2.24. The maximum absolute atomic E-state index is 12.9. The van der Waals surface area contributed by atoms with E-state index in [1.54, 1.807) is 18.0 Å². The van der Waals surface area contributed by atoms with Gasteiger partial charge in [0, 0.05) is 47.1 Å². The van der Waals surface area contributed by atoms with Crippen LogP contribution in [0, 0.1) is 0 Å². The first-order chi connectivity index (χ1) is 13.7. The predicted molar refractivity (Wildman–Crippen MR) is 115 cm³/mol. The van der Waals surface area contributed by atoms with E-state index in [-0.39, 0.29) is 17.9 Å². The average molecular weight is 394 g/mol. The molecule has 2 aliphatic rings. The van der Waals surface area contributed by atoms with Crippen LogP contribution in [0.15, 0.2) is 41.4 Å². The number of fused-ring (bicyclic) bond motifs is 3. The molecule has 0 unspecified atom stereocenters. The topological polar surface area (TPSA) is 95.8 Å². The SMILES string of the molecule is N[C@H]1CCC[C@H]1c1cc(NC(=O)C2=CNCCS2)c2c(n1)[nH]c1ccccc12. The minimum Gasteiger partial charge on any atom is -0.389 e. The van der Waals surface area contributed by atoms with E-state index in [0.717, 1.165) is 64.9 Å². The average Bonchev–Trinajstić information content (AvgIpc) is 3.31. The first-order valence-corrected chi connectivity index (χ1v) is 10.7. The Balaban J connectivity index is 1.63. The second kappa shape index (κ2) is 7.14. The van der Waals surface area contributed by atoms with E-state index in [2.05, 4.69) is 21.7 Å². The van der Waals surface area contributed by atoms with Gasteiger partial charge in [-0.25, -0.2) is 4.98 Å². The van der Waals surface area contributed by atoms with Crippen LogP contribution >= 0.6 is 11.8 Å². The van der Waals surface area contributed by atoms with Gasteiger partial charge >= 0.3 is 0 Å².